The van der Waals surface area contributed by atoms with E-state index >= 15 is 0 Å². The van der Waals surface area contributed by atoms with E-state index < -0.39 is 30.0 Å². The van der Waals surface area contributed by atoms with E-state index in [2.05, 4.69) is 36.6 Å². The summed E-state index contributed by atoms with van der Waals surface area (Å²) >= 11 is 0. The number of para-hydroxylation sites is 1. The predicted molar refractivity (Wildman–Crippen MR) is 360 cm³/mol. The highest BCUT2D eigenvalue weighted by Gasteiger charge is 2.39. The largest absolute Gasteiger partial charge is 0.370 e. The number of aliphatic imine (C=N–C) groups is 2. The quantitative estimate of drug-likeness (QED) is 0.0198. The minimum absolute atomic E-state index is 0.00573. The van der Waals surface area contributed by atoms with Crippen LogP contribution in [0.1, 0.15) is 102 Å². The monoisotopic (exact) mass is 1230 g/mol. The van der Waals surface area contributed by atoms with Gasteiger partial charge in [-0.2, -0.15) is 0 Å². The molecule has 3 saturated heterocycles. The zero-order valence-corrected chi connectivity index (χ0v) is 51.8. The number of nitrogens with zero attached hydrogens (tertiary/aromatic N) is 5. The Bertz CT molecular complexity index is 3630. The van der Waals surface area contributed by atoms with Crippen molar-refractivity contribution in [3.63, 3.8) is 0 Å². The molecule has 0 bridgehead atoms. The molecule has 0 saturated carbocycles. The lowest BCUT2D eigenvalue weighted by Gasteiger charge is -2.34. The number of benzene rings is 7. The van der Waals surface area contributed by atoms with Crippen LogP contribution in [0.2, 0.25) is 0 Å². The maximum absolute atomic E-state index is 14.2. The maximum Gasteiger partial charge on any atom is 0.251 e. The SMILES string of the molecule is CCC(N=C(N)N)[C@@H]1N[C@H](CNC(=O)c2ccc3ccccc3c2)CCN(CC(C(=O)N2CCCCC2)c2ccccc2)C1=O.NC(N)=NCCC[C@@H]1N[C@H](CNC(=O)c2ccc3ccccc3c2)CCN(CC(C(=O)Nc2ccccc2)c2ccccc2)C1=O. The molecular weight excluding hydrogens is 1140 g/mol. The van der Waals surface area contributed by atoms with Crippen molar-refractivity contribution in [1.82, 2.24) is 36.0 Å². The number of guanidine groups is 2. The Morgan fingerprint density at radius 1 is 0.560 bits per heavy atom. The molecule has 0 aliphatic carbocycles. The molecule has 10 rings (SSSR count). The van der Waals surface area contributed by atoms with Crippen LogP contribution in [-0.2, 0) is 19.2 Å². The summed E-state index contributed by atoms with van der Waals surface area (Å²) in [6.45, 7) is 5.78. The number of likely N-dealkylation sites (tertiary alicyclic amines) is 1. The summed E-state index contributed by atoms with van der Waals surface area (Å²) in [5.41, 5.74) is 26.1. The molecule has 91 heavy (non-hydrogen) atoms. The summed E-state index contributed by atoms with van der Waals surface area (Å²) in [5, 5.41) is 20.2. The van der Waals surface area contributed by atoms with Gasteiger partial charge in [0.05, 0.1) is 23.9 Å². The first-order chi connectivity index (χ1) is 44.2. The molecule has 3 aliphatic heterocycles. The fourth-order valence-electron chi connectivity index (χ4n) is 12.2. The zero-order valence-electron chi connectivity index (χ0n) is 51.8. The third kappa shape index (κ3) is 18.5. The molecule has 3 unspecified atom stereocenters. The van der Waals surface area contributed by atoms with E-state index in [0.717, 1.165) is 65.0 Å². The third-order valence-electron chi connectivity index (χ3n) is 17.2. The number of carbonyl (C=O) groups excluding carboxylic acids is 6. The first-order valence-electron chi connectivity index (χ1n) is 31.7. The maximum atomic E-state index is 14.2. The zero-order chi connectivity index (χ0) is 64.1. The van der Waals surface area contributed by atoms with Crippen LogP contribution in [0.4, 0.5) is 5.69 Å². The van der Waals surface area contributed by atoms with Gasteiger partial charge in [0.15, 0.2) is 11.9 Å². The number of hydrogen-bond acceptors (Lipinski definition) is 10. The van der Waals surface area contributed by atoms with Gasteiger partial charge in [0, 0.05) is 87.8 Å². The molecule has 7 aromatic carbocycles. The van der Waals surface area contributed by atoms with Crippen LogP contribution < -0.4 is 49.5 Å². The number of nitrogens with two attached hydrogens (primary N) is 4. The van der Waals surface area contributed by atoms with Crippen molar-refractivity contribution < 1.29 is 28.8 Å². The van der Waals surface area contributed by atoms with Gasteiger partial charge in [-0.05, 0) is 120 Å². The van der Waals surface area contributed by atoms with E-state index in [0.29, 0.717) is 81.6 Å². The van der Waals surface area contributed by atoms with Crippen molar-refractivity contribution in [2.24, 2.45) is 32.9 Å². The molecule has 20 heteroatoms. The first-order valence-corrected chi connectivity index (χ1v) is 31.7. The highest BCUT2D eigenvalue weighted by Crippen LogP contribution is 2.27. The van der Waals surface area contributed by atoms with E-state index in [1.807, 2.05) is 188 Å². The molecule has 3 aliphatic rings. The van der Waals surface area contributed by atoms with Crippen molar-refractivity contribution >= 4 is 74.6 Å². The van der Waals surface area contributed by atoms with E-state index in [4.69, 9.17) is 22.9 Å². The summed E-state index contributed by atoms with van der Waals surface area (Å²) < 4.78 is 0. The average Bonchev–Trinajstić information content (AvgIpc) is 3.43. The second kappa shape index (κ2) is 32.7. The lowest BCUT2D eigenvalue weighted by Crippen LogP contribution is -2.55. The van der Waals surface area contributed by atoms with Crippen molar-refractivity contribution in [2.75, 3.05) is 64.2 Å². The fourth-order valence-corrected chi connectivity index (χ4v) is 12.2. The average molecular weight is 1230 g/mol. The lowest BCUT2D eigenvalue weighted by atomic mass is 9.95. The minimum atomic E-state index is -0.719. The molecule has 0 spiro atoms. The predicted octanol–water partition coefficient (Wildman–Crippen LogP) is 6.58. The molecule has 7 atom stereocenters. The topological polar surface area (TPSA) is 301 Å². The number of hydrogen-bond donors (Lipinski definition) is 9. The molecule has 476 valence electrons. The summed E-state index contributed by atoms with van der Waals surface area (Å²) in [4.78, 5) is 96.1. The van der Waals surface area contributed by atoms with Crippen LogP contribution in [0, 0.1) is 0 Å². The lowest BCUT2D eigenvalue weighted by molar-refractivity contribution is -0.137. The van der Waals surface area contributed by atoms with Crippen LogP contribution in [0.3, 0.4) is 0 Å². The molecule has 6 amide bonds. The number of amides is 6. The van der Waals surface area contributed by atoms with Gasteiger partial charge in [0.25, 0.3) is 11.8 Å². The van der Waals surface area contributed by atoms with Gasteiger partial charge < -0.3 is 58.9 Å². The van der Waals surface area contributed by atoms with Crippen LogP contribution >= 0.6 is 0 Å². The van der Waals surface area contributed by atoms with Gasteiger partial charge in [-0.1, -0.05) is 146 Å². The number of piperidine rings is 1. The van der Waals surface area contributed by atoms with Gasteiger partial charge in [-0.25, -0.2) is 4.99 Å². The third-order valence-corrected chi connectivity index (χ3v) is 17.2. The second-order valence-corrected chi connectivity index (χ2v) is 23.6. The summed E-state index contributed by atoms with van der Waals surface area (Å²) in [6.07, 6.45) is 5.89. The minimum Gasteiger partial charge on any atom is -0.370 e. The molecule has 0 aromatic heterocycles. The van der Waals surface area contributed by atoms with Gasteiger partial charge in [0.1, 0.15) is 6.04 Å². The van der Waals surface area contributed by atoms with Gasteiger partial charge in [-0.3, -0.25) is 39.1 Å². The molecule has 3 heterocycles. The molecule has 20 nitrogen and oxygen atoms in total. The number of carbonyl (C=O) groups is 6. The van der Waals surface area contributed by atoms with E-state index in [1.54, 1.807) is 9.80 Å². The molecular formula is C71H86N14O6. The molecule has 3 fully saturated rings. The molecule has 13 N–H and O–H groups in total. The summed E-state index contributed by atoms with van der Waals surface area (Å²) in [7, 11) is 0. The van der Waals surface area contributed by atoms with E-state index in [9.17, 15) is 28.8 Å². The van der Waals surface area contributed by atoms with Crippen LogP contribution in [0.25, 0.3) is 21.5 Å². The van der Waals surface area contributed by atoms with Crippen molar-refractivity contribution in [2.45, 2.75) is 100 Å². The van der Waals surface area contributed by atoms with Crippen LogP contribution in [0.5, 0.6) is 0 Å². The van der Waals surface area contributed by atoms with Gasteiger partial charge in [-0.15, -0.1) is 0 Å². The van der Waals surface area contributed by atoms with Crippen LogP contribution in [-0.4, -0.2) is 151 Å². The van der Waals surface area contributed by atoms with E-state index in [1.165, 1.54) is 0 Å². The van der Waals surface area contributed by atoms with Crippen molar-refractivity contribution in [1.29, 1.82) is 0 Å². The number of anilines is 1. The van der Waals surface area contributed by atoms with Crippen LogP contribution in [0.15, 0.2) is 186 Å². The Hall–Kier alpha value is -9.66. The number of nitrogens with one attached hydrogen (secondary N) is 5. The fraction of sp³-hybridized carbons (Fsp3) is 0.352. The molecule has 0 radical (unpaired) electrons. The Kier molecular flexibility index (Phi) is 23.6. The Labute approximate surface area is 532 Å². The Balaban J connectivity index is 0.000000215. The number of fused-ring (bicyclic) bond motifs is 2. The summed E-state index contributed by atoms with van der Waals surface area (Å²) in [6, 6.07) is 53.5. The normalized spacial score (nSPS) is 18.7. The first kappa shape index (κ1) is 65.8. The van der Waals surface area contributed by atoms with Gasteiger partial charge in [0.2, 0.25) is 23.6 Å². The van der Waals surface area contributed by atoms with Crippen molar-refractivity contribution in [3.8, 4) is 0 Å². The summed E-state index contributed by atoms with van der Waals surface area (Å²) in [5.74, 6) is -1.89. The molecule has 7 aromatic rings. The highest BCUT2D eigenvalue weighted by atomic mass is 16.2. The smallest absolute Gasteiger partial charge is 0.251 e. The Morgan fingerprint density at radius 3 is 1.59 bits per heavy atom. The standard InChI is InChI=1S/C36H41N7O3.C35H45N7O3/c37-36(38)39-20-9-16-32-35(46)43(24-31(26-11-3-1-4-12-26)34(45)42-29-14-5-2-6-15-29)21-19-30(41-32)23-40-33(44)28-18-17-25-10-7-8-13-27(25)22-28;1-2-30(40-35(36)37)31-34(45)42(23-29(25-12-5-3-6-13-25)33(44)41-18-9-4-10-19-41)20-17-28(39-31)22-38-32(43)27-16-15-24-11-7-8-14-26(24)21-27/h1-8,10-15,17-18,22,30-32,41H,9,16,19-21,23-24H2,(H,40,44)(H,42,45)(H4,37,38,39);3,5-8,11-16,21,28-31,39H,2,4,9-10,17-20,22-23H2,1H3,(H,38,43)(H4,36,37,40)/t30-,31?,32-;28-,29?,30?,31-/m00/s1. The van der Waals surface area contributed by atoms with Crippen molar-refractivity contribution in [3.05, 3.63) is 198 Å². The Morgan fingerprint density at radius 2 is 1.05 bits per heavy atom. The highest BCUT2D eigenvalue weighted by molar-refractivity contribution is 6.00. The number of rotatable bonds is 22. The second-order valence-electron chi connectivity index (χ2n) is 23.6. The van der Waals surface area contributed by atoms with Gasteiger partial charge >= 0.3 is 0 Å². The van der Waals surface area contributed by atoms with E-state index in [-0.39, 0.29) is 72.5 Å².